The molecule has 0 aliphatic heterocycles. The lowest BCUT2D eigenvalue weighted by Gasteiger charge is -2.09. The number of hydrogen-bond donors (Lipinski definition) is 1. The first-order chi connectivity index (χ1) is 9.90. The third-order valence-electron chi connectivity index (χ3n) is 2.94. The van der Waals surface area contributed by atoms with Crippen molar-refractivity contribution in [2.75, 3.05) is 0 Å². The highest BCUT2D eigenvalue weighted by Crippen LogP contribution is 2.32. The van der Waals surface area contributed by atoms with Crippen molar-refractivity contribution in [3.05, 3.63) is 45.8 Å². The number of ether oxygens (including phenoxy) is 1. The second-order valence-corrected chi connectivity index (χ2v) is 4.38. The summed E-state index contributed by atoms with van der Waals surface area (Å²) in [6, 6.07) is 6.49. The number of aromatic nitrogens is 2. The summed E-state index contributed by atoms with van der Waals surface area (Å²) in [6.07, 6.45) is -0.235. The Labute approximate surface area is 119 Å². The van der Waals surface area contributed by atoms with Gasteiger partial charge >= 0.3 is 17.7 Å². The van der Waals surface area contributed by atoms with Gasteiger partial charge in [0, 0.05) is 19.5 Å². The van der Waals surface area contributed by atoms with Gasteiger partial charge in [0.05, 0.1) is 6.42 Å². The molecule has 8 nitrogen and oxygen atoms in total. The molecule has 0 aliphatic carbocycles. The first-order valence-electron chi connectivity index (χ1n) is 6.05. The Morgan fingerprint density at radius 3 is 2.76 bits per heavy atom. The van der Waals surface area contributed by atoms with E-state index in [9.17, 15) is 14.9 Å². The molecule has 0 aliphatic rings. The van der Waals surface area contributed by atoms with Gasteiger partial charge in [-0.2, -0.15) is 0 Å². The van der Waals surface area contributed by atoms with Crippen molar-refractivity contribution in [1.82, 2.24) is 9.55 Å². The Morgan fingerprint density at radius 2 is 2.14 bits per heavy atom. The van der Waals surface area contributed by atoms with E-state index in [1.54, 1.807) is 38.2 Å². The molecule has 0 saturated heterocycles. The number of benzene rings is 1. The quantitative estimate of drug-likeness (QED) is 0.667. The number of imidazole rings is 1. The molecule has 0 saturated carbocycles. The van der Waals surface area contributed by atoms with Gasteiger partial charge in [0.15, 0.2) is 0 Å². The van der Waals surface area contributed by atoms with Crippen molar-refractivity contribution >= 4 is 11.8 Å². The minimum Gasteiger partial charge on any atom is -0.481 e. The molecular weight excluding hydrogens is 278 g/mol. The van der Waals surface area contributed by atoms with Gasteiger partial charge in [-0.15, -0.1) is 0 Å². The Kier molecular flexibility index (Phi) is 3.88. The molecule has 0 atom stereocenters. The number of carboxylic acids is 1. The first-order valence-corrected chi connectivity index (χ1v) is 6.05. The maximum absolute atomic E-state index is 11.0. The number of para-hydroxylation sites is 1. The van der Waals surface area contributed by atoms with Crippen LogP contribution in [0.15, 0.2) is 24.3 Å². The highest BCUT2D eigenvalue weighted by Gasteiger charge is 2.26. The van der Waals surface area contributed by atoms with E-state index in [0.717, 1.165) is 0 Å². The van der Waals surface area contributed by atoms with E-state index >= 15 is 0 Å². The summed E-state index contributed by atoms with van der Waals surface area (Å²) in [7, 11) is 1.59. The molecule has 0 fully saturated rings. The SMILES string of the molecule is Cc1nc([N+](=O)[O-])c(Oc2ccccc2CC(=O)O)n1C. The number of rotatable bonds is 5. The molecule has 110 valence electrons. The predicted octanol–water partition coefficient (Wildman–Crippen LogP) is 2.06. The lowest BCUT2D eigenvalue weighted by atomic mass is 10.1. The fraction of sp³-hybridized carbons (Fsp3) is 0.231. The number of hydrogen-bond acceptors (Lipinski definition) is 5. The van der Waals surface area contributed by atoms with Gasteiger partial charge in [0.1, 0.15) is 5.75 Å². The maximum atomic E-state index is 11.0. The van der Waals surface area contributed by atoms with E-state index in [1.165, 1.54) is 4.57 Å². The van der Waals surface area contributed by atoms with Crippen LogP contribution in [0.25, 0.3) is 0 Å². The summed E-state index contributed by atoms with van der Waals surface area (Å²) >= 11 is 0. The van der Waals surface area contributed by atoms with E-state index in [4.69, 9.17) is 9.84 Å². The molecule has 2 aromatic rings. The monoisotopic (exact) mass is 291 g/mol. The minimum absolute atomic E-state index is 0.0321. The zero-order valence-corrected chi connectivity index (χ0v) is 11.4. The summed E-state index contributed by atoms with van der Waals surface area (Å²) in [6.45, 7) is 1.61. The summed E-state index contributed by atoms with van der Waals surface area (Å²) < 4.78 is 6.99. The van der Waals surface area contributed by atoms with Gasteiger partial charge in [0.2, 0.25) is 5.82 Å². The average Bonchev–Trinajstić information content (AvgIpc) is 2.69. The lowest BCUT2D eigenvalue weighted by Crippen LogP contribution is -2.04. The molecule has 0 spiro atoms. The number of aryl methyl sites for hydroxylation is 1. The Morgan fingerprint density at radius 1 is 1.48 bits per heavy atom. The highest BCUT2D eigenvalue weighted by atomic mass is 16.6. The highest BCUT2D eigenvalue weighted by molar-refractivity contribution is 5.71. The largest absolute Gasteiger partial charge is 0.481 e. The van der Waals surface area contributed by atoms with E-state index in [-0.39, 0.29) is 18.1 Å². The van der Waals surface area contributed by atoms with Crippen molar-refractivity contribution in [2.45, 2.75) is 13.3 Å². The van der Waals surface area contributed by atoms with Crippen LogP contribution in [0.4, 0.5) is 5.82 Å². The van der Waals surface area contributed by atoms with E-state index in [0.29, 0.717) is 11.4 Å². The molecule has 0 bridgehead atoms. The summed E-state index contributed by atoms with van der Waals surface area (Å²) in [5, 5.41) is 19.9. The fourth-order valence-corrected chi connectivity index (χ4v) is 1.82. The number of carboxylic acid groups (broad SMARTS) is 1. The Hall–Kier alpha value is -2.90. The smallest absolute Gasteiger partial charge is 0.427 e. The molecular formula is C13H13N3O5. The summed E-state index contributed by atoms with van der Waals surface area (Å²) in [5.41, 5.74) is 0.429. The summed E-state index contributed by atoms with van der Waals surface area (Å²) in [5.74, 6) is -0.768. The molecule has 1 aromatic heterocycles. The predicted molar refractivity (Wildman–Crippen MR) is 72.5 cm³/mol. The van der Waals surface area contributed by atoms with Crippen LogP contribution < -0.4 is 4.74 Å². The van der Waals surface area contributed by atoms with E-state index in [1.807, 2.05) is 0 Å². The van der Waals surface area contributed by atoms with Crippen molar-refractivity contribution in [1.29, 1.82) is 0 Å². The topological polar surface area (TPSA) is 107 Å². The fourth-order valence-electron chi connectivity index (χ4n) is 1.82. The van der Waals surface area contributed by atoms with Crippen LogP contribution in [0.1, 0.15) is 11.4 Å². The number of carbonyl (C=O) groups is 1. The van der Waals surface area contributed by atoms with Crippen LogP contribution in [0, 0.1) is 17.0 Å². The van der Waals surface area contributed by atoms with Crippen molar-refractivity contribution in [3.8, 4) is 11.6 Å². The van der Waals surface area contributed by atoms with E-state index in [2.05, 4.69) is 4.98 Å². The molecule has 0 amide bonds. The summed E-state index contributed by atoms with van der Waals surface area (Å²) in [4.78, 5) is 25.0. The number of aliphatic carboxylic acids is 1. The second-order valence-electron chi connectivity index (χ2n) is 4.38. The van der Waals surface area contributed by atoms with Crippen LogP contribution in [0.2, 0.25) is 0 Å². The molecule has 0 radical (unpaired) electrons. The molecule has 1 aromatic carbocycles. The van der Waals surface area contributed by atoms with Crippen LogP contribution in [0.5, 0.6) is 11.6 Å². The van der Waals surface area contributed by atoms with Crippen molar-refractivity contribution < 1.29 is 19.6 Å². The van der Waals surface area contributed by atoms with Crippen LogP contribution in [0.3, 0.4) is 0 Å². The molecule has 1 N–H and O–H groups in total. The Bertz CT molecular complexity index is 708. The van der Waals surface area contributed by atoms with Crippen LogP contribution in [-0.4, -0.2) is 25.6 Å². The zero-order valence-electron chi connectivity index (χ0n) is 11.4. The van der Waals surface area contributed by atoms with Gasteiger partial charge < -0.3 is 20.0 Å². The van der Waals surface area contributed by atoms with E-state index < -0.39 is 16.7 Å². The lowest BCUT2D eigenvalue weighted by molar-refractivity contribution is -0.390. The normalized spacial score (nSPS) is 10.4. The van der Waals surface area contributed by atoms with Crippen LogP contribution >= 0.6 is 0 Å². The molecule has 2 rings (SSSR count). The first kappa shape index (κ1) is 14.5. The van der Waals surface area contributed by atoms with Gasteiger partial charge in [-0.25, -0.2) is 0 Å². The number of nitro groups is 1. The second kappa shape index (κ2) is 5.61. The van der Waals surface area contributed by atoms with Crippen molar-refractivity contribution in [3.63, 3.8) is 0 Å². The standard InChI is InChI=1S/C13H13N3O5/c1-8-14-12(16(19)20)13(15(8)2)21-10-6-4-3-5-9(10)7-11(17)18/h3-6H,7H2,1-2H3,(H,17,18). The minimum atomic E-state index is -1.01. The average molecular weight is 291 g/mol. The van der Waals surface area contributed by atoms with Crippen LogP contribution in [-0.2, 0) is 18.3 Å². The van der Waals surface area contributed by atoms with Gasteiger partial charge in [-0.3, -0.25) is 9.36 Å². The third-order valence-corrected chi connectivity index (χ3v) is 2.94. The van der Waals surface area contributed by atoms with Gasteiger partial charge in [-0.05, 0) is 16.0 Å². The molecule has 8 heteroatoms. The zero-order chi connectivity index (χ0) is 15.6. The van der Waals surface area contributed by atoms with Gasteiger partial charge in [0.25, 0.3) is 0 Å². The molecule has 0 unspecified atom stereocenters. The number of nitrogens with zero attached hydrogens (tertiary/aromatic N) is 3. The molecule has 21 heavy (non-hydrogen) atoms. The van der Waals surface area contributed by atoms with Gasteiger partial charge in [-0.1, -0.05) is 18.2 Å². The maximum Gasteiger partial charge on any atom is 0.427 e. The third kappa shape index (κ3) is 2.99. The molecule has 1 heterocycles. The Balaban J connectivity index is 2.43. The van der Waals surface area contributed by atoms with Crippen molar-refractivity contribution in [2.24, 2.45) is 7.05 Å².